The summed E-state index contributed by atoms with van der Waals surface area (Å²) in [4.78, 5) is 24.3. The molecule has 6 heteroatoms. The maximum absolute atomic E-state index is 12.5. The van der Waals surface area contributed by atoms with Gasteiger partial charge >= 0.3 is 5.97 Å². The summed E-state index contributed by atoms with van der Waals surface area (Å²) in [5.74, 6) is -0.214. The maximum Gasteiger partial charge on any atom is 0.305 e. The molecule has 0 bridgehead atoms. The van der Waals surface area contributed by atoms with E-state index in [2.05, 4.69) is 10.6 Å². The molecule has 0 radical (unpaired) electrons. The number of hydrogen-bond acceptors (Lipinski definition) is 4. The Morgan fingerprint density at radius 1 is 1.20 bits per heavy atom. The number of nitriles is 1. The van der Waals surface area contributed by atoms with E-state index < -0.39 is 5.91 Å². The van der Waals surface area contributed by atoms with Crippen LogP contribution < -0.4 is 5.73 Å². The van der Waals surface area contributed by atoms with E-state index in [1.807, 2.05) is 19.1 Å². The molecule has 2 aromatic rings. The molecule has 1 aliphatic rings. The van der Waals surface area contributed by atoms with E-state index in [9.17, 15) is 9.59 Å². The number of carbonyl (C=O) groups is 2. The third kappa shape index (κ3) is 4.56. The molecule has 0 unspecified atom stereocenters. The molecule has 6 nitrogen and oxygen atoms in total. The van der Waals surface area contributed by atoms with E-state index in [-0.39, 0.29) is 12.4 Å². The Hall–Kier alpha value is -3.07. The van der Waals surface area contributed by atoms with Crippen molar-refractivity contribution in [2.75, 3.05) is 7.11 Å². The second-order valence-electron chi connectivity index (χ2n) is 8.03. The summed E-state index contributed by atoms with van der Waals surface area (Å²) in [6.07, 6.45) is 6.77. The lowest BCUT2D eigenvalue weighted by Crippen LogP contribution is -2.18. The van der Waals surface area contributed by atoms with Crippen LogP contribution in [0.3, 0.4) is 0 Å². The van der Waals surface area contributed by atoms with Gasteiger partial charge in [-0.3, -0.25) is 9.59 Å². The smallest absolute Gasteiger partial charge is 0.305 e. The predicted octanol–water partition coefficient (Wildman–Crippen LogP) is 4.12. The van der Waals surface area contributed by atoms with E-state index in [0.29, 0.717) is 23.5 Å². The van der Waals surface area contributed by atoms with Crippen LogP contribution in [0.25, 0.3) is 11.1 Å². The van der Waals surface area contributed by atoms with Gasteiger partial charge in [-0.2, -0.15) is 5.26 Å². The quantitative estimate of drug-likeness (QED) is 0.698. The molecule has 1 aliphatic carbocycles. The summed E-state index contributed by atoms with van der Waals surface area (Å²) in [5.41, 5.74) is 10.2. The van der Waals surface area contributed by atoms with Crippen molar-refractivity contribution in [2.24, 2.45) is 11.7 Å². The van der Waals surface area contributed by atoms with Crippen LogP contribution in [0.1, 0.15) is 65.8 Å². The molecule has 3 rings (SSSR count). The summed E-state index contributed by atoms with van der Waals surface area (Å²) < 4.78 is 7.03. The number of hydrogen-bond donors (Lipinski definition) is 1. The SMILES string of the molecule is COC(=O)CCc1c(-c2ccc(C#N)cc2)c(C(N)=O)c(C)n1CC1CCCCC1. The number of aromatic nitrogens is 1. The zero-order chi connectivity index (χ0) is 21.7. The largest absolute Gasteiger partial charge is 0.469 e. The average molecular weight is 408 g/mol. The Labute approximate surface area is 177 Å². The summed E-state index contributed by atoms with van der Waals surface area (Å²) >= 11 is 0. The number of primary amides is 1. The van der Waals surface area contributed by atoms with Gasteiger partial charge in [-0.05, 0) is 49.8 Å². The lowest BCUT2D eigenvalue weighted by Gasteiger charge is -2.24. The van der Waals surface area contributed by atoms with Crippen molar-refractivity contribution in [1.29, 1.82) is 5.26 Å². The first-order valence-corrected chi connectivity index (χ1v) is 10.5. The van der Waals surface area contributed by atoms with E-state index in [1.165, 1.54) is 39.2 Å². The first-order chi connectivity index (χ1) is 14.5. The number of methoxy groups -OCH3 is 1. The van der Waals surface area contributed by atoms with E-state index in [4.69, 9.17) is 15.7 Å². The van der Waals surface area contributed by atoms with Crippen molar-refractivity contribution in [3.8, 4) is 17.2 Å². The fourth-order valence-electron chi connectivity index (χ4n) is 4.58. The Morgan fingerprint density at radius 3 is 2.43 bits per heavy atom. The molecule has 1 amide bonds. The van der Waals surface area contributed by atoms with E-state index in [1.54, 1.807) is 12.1 Å². The number of ether oxygens (including phenoxy) is 1. The van der Waals surface area contributed by atoms with Gasteiger partial charge in [0, 0.05) is 23.5 Å². The van der Waals surface area contributed by atoms with Crippen molar-refractivity contribution in [1.82, 2.24) is 4.57 Å². The van der Waals surface area contributed by atoms with Gasteiger partial charge in [0.05, 0.1) is 30.7 Å². The van der Waals surface area contributed by atoms with Gasteiger partial charge in [0.1, 0.15) is 0 Å². The van der Waals surface area contributed by atoms with Crippen LogP contribution in [-0.4, -0.2) is 23.6 Å². The van der Waals surface area contributed by atoms with Crippen molar-refractivity contribution in [3.63, 3.8) is 0 Å². The van der Waals surface area contributed by atoms with Crippen LogP contribution in [0.5, 0.6) is 0 Å². The fraction of sp³-hybridized carbons (Fsp3) is 0.458. The van der Waals surface area contributed by atoms with Crippen LogP contribution >= 0.6 is 0 Å². The number of nitrogens with two attached hydrogens (primary N) is 1. The van der Waals surface area contributed by atoms with Gasteiger partial charge in [-0.15, -0.1) is 0 Å². The minimum atomic E-state index is -0.478. The van der Waals surface area contributed by atoms with Gasteiger partial charge in [0.15, 0.2) is 0 Å². The third-order valence-electron chi connectivity index (χ3n) is 6.14. The molecule has 0 aliphatic heterocycles. The normalized spacial score (nSPS) is 14.3. The van der Waals surface area contributed by atoms with E-state index >= 15 is 0 Å². The molecule has 2 N–H and O–H groups in total. The zero-order valence-corrected chi connectivity index (χ0v) is 17.7. The van der Waals surface area contributed by atoms with Crippen LogP contribution in [0.4, 0.5) is 0 Å². The highest BCUT2D eigenvalue weighted by Gasteiger charge is 2.27. The maximum atomic E-state index is 12.5. The Kier molecular flexibility index (Phi) is 6.94. The van der Waals surface area contributed by atoms with Crippen molar-refractivity contribution in [3.05, 3.63) is 46.8 Å². The number of nitrogens with zero attached hydrogens (tertiary/aromatic N) is 2. The van der Waals surface area contributed by atoms with Gasteiger partial charge in [-0.1, -0.05) is 31.4 Å². The van der Waals surface area contributed by atoms with Gasteiger partial charge < -0.3 is 15.0 Å². The lowest BCUT2D eigenvalue weighted by atomic mass is 9.89. The molecule has 1 aromatic carbocycles. The highest BCUT2D eigenvalue weighted by Crippen LogP contribution is 2.36. The Morgan fingerprint density at radius 2 is 1.87 bits per heavy atom. The van der Waals surface area contributed by atoms with Gasteiger partial charge in [0.2, 0.25) is 0 Å². The van der Waals surface area contributed by atoms with Crippen molar-refractivity contribution < 1.29 is 14.3 Å². The van der Waals surface area contributed by atoms with Gasteiger partial charge in [-0.25, -0.2) is 0 Å². The van der Waals surface area contributed by atoms with E-state index in [0.717, 1.165) is 29.1 Å². The Bertz CT molecular complexity index is 961. The molecule has 158 valence electrons. The fourth-order valence-corrected chi connectivity index (χ4v) is 4.58. The zero-order valence-electron chi connectivity index (χ0n) is 17.7. The molecule has 0 saturated heterocycles. The summed E-state index contributed by atoms with van der Waals surface area (Å²) in [6.45, 7) is 2.75. The molecule has 1 aromatic heterocycles. The first-order valence-electron chi connectivity index (χ1n) is 10.5. The molecule has 1 heterocycles. The highest BCUT2D eigenvalue weighted by atomic mass is 16.5. The molecular formula is C24H29N3O3. The predicted molar refractivity (Wildman–Crippen MR) is 115 cm³/mol. The average Bonchev–Trinajstić information content (AvgIpc) is 3.04. The summed E-state index contributed by atoms with van der Waals surface area (Å²) in [7, 11) is 1.38. The van der Waals surface area contributed by atoms with Gasteiger partial charge in [0.25, 0.3) is 5.91 Å². The minimum Gasteiger partial charge on any atom is -0.469 e. The molecular weight excluding hydrogens is 378 g/mol. The minimum absolute atomic E-state index is 0.228. The number of amides is 1. The number of esters is 1. The van der Waals surface area contributed by atoms with Crippen LogP contribution in [0.2, 0.25) is 0 Å². The molecule has 1 saturated carbocycles. The first kappa shape index (κ1) is 21.6. The van der Waals surface area contributed by atoms with Crippen molar-refractivity contribution in [2.45, 2.75) is 58.4 Å². The second kappa shape index (κ2) is 9.62. The highest BCUT2D eigenvalue weighted by molar-refractivity contribution is 6.02. The summed E-state index contributed by atoms with van der Waals surface area (Å²) in [6, 6.07) is 9.27. The second-order valence-corrected chi connectivity index (χ2v) is 8.03. The topological polar surface area (TPSA) is 98.1 Å². The molecule has 0 spiro atoms. The monoisotopic (exact) mass is 407 g/mol. The standard InChI is InChI=1S/C24H29N3O3/c1-16-22(24(26)29)23(19-10-8-17(14-25)9-11-19)20(12-13-21(28)30-2)27(16)15-18-6-4-3-5-7-18/h8-11,18H,3-7,12-13,15H2,1-2H3,(H2,26,29). The molecule has 1 fully saturated rings. The van der Waals surface area contributed by atoms with Crippen LogP contribution in [0.15, 0.2) is 24.3 Å². The third-order valence-corrected chi connectivity index (χ3v) is 6.14. The number of carbonyl (C=O) groups excluding carboxylic acids is 2. The summed E-state index contributed by atoms with van der Waals surface area (Å²) in [5, 5.41) is 9.12. The van der Waals surface area contributed by atoms with Crippen LogP contribution in [0, 0.1) is 24.2 Å². The Balaban J connectivity index is 2.12. The lowest BCUT2D eigenvalue weighted by molar-refractivity contribution is -0.140. The number of benzene rings is 1. The number of rotatable bonds is 7. The van der Waals surface area contributed by atoms with Crippen molar-refractivity contribution >= 4 is 11.9 Å². The molecule has 30 heavy (non-hydrogen) atoms. The molecule has 0 atom stereocenters. The van der Waals surface area contributed by atoms with Crippen LogP contribution in [-0.2, 0) is 22.5 Å².